The zero-order chi connectivity index (χ0) is 16.3. The maximum atomic E-state index is 12.2. The molecular formula is C15H21ClN4O2. The number of anilines is 1. The van der Waals surface area contributed by atoms with E-state index in [1.807, 2.05) is 25.3 Å². The molecule has 2 aromatic rings. The molecule has 1 N–H and O–H groups in total. The Hall–Kier alpha value is -1.66. The van der Waals surface area contributed by atoms with E-state index in [2.05, 4.69) is 15.3 Å². The van der Waals surface area contributed by atoms with Crippen LogP contribution >= 0.6 is 11.6 Å². The summed E-state index contributed by atoms with van der Waals surface area (Å²) in [5.74, 6) is 0.392. The van der Waals surface area contributed by atoms with Crippen LogP contribution in [0.5, 0.6) is 0 Å². The first kappa shape index (κ1) is 16.7. The lowest BCUT2D eigenvalue weighted by Gasteiger charge is -2.17. The molecule has 6 nitrogen and oxygen atoms in total. The van der Waals surface area contributed by atoms with Crippen LogP contribution in [-0.4, -0.2) is 34.2 Å². The summed E-state index contributed by atoms with van der Waals surface area (Å²) in [5.41, 5.74) is 1.23. The molecular weight excluding hydrogens is 304 g/mol. The smallest absolute Gasteiger partial charge is 0.227 e. The Morgan fingerprint density at radius 3 is 2.73 bits per heavy atom. The minimum absolute atomic E-state index is 0.0763. The SMILES string of the molecule is COCCn1c(NC(=O)CC(C)(C)C)nc2ccc(Cl)nc21. The van der Waals surface area contributed by atoms with Crippen LogP contribution < -0.4 is 5.32 Å². The number of amides is 1. The summed E-state index contributed by atoms with van der Waals surface area (Å²) in [7, 11) is 1.62. The van der Waals surface area contributed by atoms with E-state index in [4.69, 9.17) is 16.3 Å². The van der Waals surface area contributed by atoms with Gasteiger partial charge in [0.1, 0.15) is 10.7 Å². The first-order valence-corrected chi connectivity index (χ1v) is 7.49. The van der Waals surface area contributed by atoms with E-state index in [0.29, 0.717) is 41.8 Å². The van der Waals surface area contributed by atoms with Crippen LogP contribution in [0.15, 0.2) is 12.1 Å². The van der Waals surface area contributed by atoms with Gasteiger partial charge in [0.05, 0.1) is 13.2 Å². The number of pyridine rings is 1. The molecule has 0 saturated heterocycles. The Balaban J connectivity index is 2.33. The molecule has 1 amide bonds. The zero-order valence-electron chi connectivity index (χ0n) is 13.3. The molecule has 2 heterocycles. The molecule has 7 heteroatoms. The second kappa shape index (κ2) is 6.62. The van der Waals surface area contributed by atoms with E-state index in [1.165, 1.54) is 0 Å². The van der Waals surface area contributed by atoms with E-state index in [9.17, 15) is 4.79 Å². The Kier molecular flexibility index (Phi) is 5.03. The van der Waals surface area contributed by atoms with Gasteiger partial charge in [-0.15, -0.1) is 0 Å². The van der Waals surface area contributed by atoms with Crippen LogP contribution in [0.2, 0.25) is 5.15 Å². The highest BCUT2D eigenvalue weighted by Gasteiger charge is 2.19. The highest BCUT2D eigenvalue weighted by molar-refractivity contribution is 6.29. The van der Waals surface area contributed by atoms with Crippen molar-refractivity contribution in [3.8, 4) is 0 Å². The molecule has 0 bridgehead atoms. The fourth-order valence-corrected chi connectivity index (χ4v) is 2.26. The summed E-state index contributed by atoms with van der Waals surface area (Å²) in [6.07, 6.45) is 0.411. The summed E-state index contributed by atoms with van der Waals surface area (Å²) in [6, 6.07) is 3.46. The van der Waals surface area contributed by atoms with Gasteiger partial charge >= 0.3 is 0 Å². The topological polar surface area (TPSA) is 69.0 Å². The van der Waals surface area contributed by atoms with Crippen molar-refractivity contribution in [2.45, 2.75) is 33.7 Å². The lowest BCUT2D eigenvalue weighted by atomic mass is 9.92. The number of hydrogen-bond acceptors (Lipinski definition) is 4. The molecule has 0 fully saturated rings. The third kappa shape index (κ3) is 4.18. The zero-order valence-corrected chi connectivity index (χ0v) is 14.1. The van der Waals surface area contributed by atoms with Gasteiger partial charge in [-0.25, -0.2) is 9.97 Å². The maximum absolute atomic E-state index is 12.2. The lowest BCUT2D eigenvalue weighted by molar-refractivity contribution is -0.117. The third-order valence-electron chi connectivity index (χ3n) is 3.02. The predicted octanol–water partition coefficient (Wildman–Crippen LogP) is 3.11. The molecule has 0 saturated carbocycles. The minimum Gasteiger partial charge on any atom is -0.383 e. The molecule has 0 aliphatic carbocycles. The average molecular weight is 325 g/mol. The van der Waals surface area contributed by atoms with E-state index < -0.39 is 0 Å². The number of carbonyl (C=O) groups excluding carboxylic acids is 1. The number of halogens is 1. The number of ether oxygens (including phenoxy) is 1. The standard InChI is InChI=1S/C15H21ClN4O2/c1-15(2,3)9-12(21)19-14-17-10-5-6-11(16)18-13(10)20(14)7-8-22-4/h5-6H,7-9H2,1-4H3,(H,17,19,21). The number of hydrogen-bond donors (Lipinski definition) is 1. The molecule has 0 radical (unpaired) electrons. The number of imidazole rings is 1. The van der Waals surface area contributed by atoms with Gasteiger partial charge < -0.3 is 4.74 Å². The van der Waals surface area contributed by atoms with Gasteiger partial charge in [0.15, 0.2) is 5.65 Å². The Bertz CT molecular complexity index is 676. The van der Waals surface area contributed by atoms with Gasteiger partial charge in [-0.05, 0) is 17.5 Å². The van der Waals surface area contributed by atoms with E-state index >= 15 is 0 Å². The predicted molar refractivity (Wildman–Crippen MR) is 87.1 cm³/mol. The highest BCUT2D eigenvalue weighted by atomic mass is 35.5. The van der Waals surface area contributed by atoms with Gasteiger partial charge in [0, 0.05) is 13.5 Å². The normalized spacial score (nSPS) is 11.9. The van der Waals surface area contributed by atoms with Gasteiger partial charge in [-0.2, -0.15) is 0 Å². The molecule has 0 spiro atoms. The van der Waals surface area contributed by atoms with Crippen molar-refractivity contribution in [3.63, 3.8) is 0 Å². The number of aromatic nitrogens is 3. The fraction of sp³-hybridized carbons (Fsp3) is 0.533. The van der Waals surface area contributed by atoms with E-state index in [0.717, 1.165) is 0 Å². The summed E-state index contributed by atoms with van der Waals surface area (Å²) in [6.45, 7) is 7.07. The third-order valence-corrected chi connectivity index (χ3v) is 3.23. The first-order valence-electron chi connectivity index (χ1n) is 7.12. The Morgan fingerprint density at radius 1 is 1.36 bits per heavy atom. The van der Waals surface area contributed by atoms with Crippen molar-refractivity contribution in [2.24, 2.45) is 5.41 Å². The van der Waals surface area contributed by atoms with Gasteiger partial charge in [-0.1, -0.05) is 32.4 Å². The maximum Gasteiger partial charge on any atom is 0.227 e. The number of fused-ring (bicyclic) bond motifs is 1. The average Bonchev–Trinajstić information content (AvgIpc) is 2.71. The summed E-state index contributed by atoms with van der Waals surface area (Å²) in [5, 5.41) is 3.25. The molecule has 120 valence electrons. The number of carbonyl (C=O) groups is 1. The number of methoxy groups -OCH3 is 1. The van der Waals surface area contributed by atoms with Crippen molar-refractivity contribution in [3.05, 3.63) is 17.3 Å². The second-order valence-electron chi connectivity index (χ2n) is 6.34. The summed E-state index contributed by atoms with van der Waals surface area (Å²) < 4.78 is 6.92. The van der Waals surface area contributed by atoms with Crippen LogP contribution in [0.1, 0.15) is 27.2 Å². The van der Waals surface area contributed by atoms with E-state index in [-0.39, 0.29) is 11.3 Å². The molecule has 0 aromatic carbocycles. The molecule has 2 rings (SSSR count). The number of nitrogens with one attached hydrogen (secondary N) is 1. The van der Waals surface area contributed by atoms with Crippen LogP contribution in [0.4, 0.5) is 5.95 Å². The van der Waals surface area contributed by atoms with Gasteiger partial charge in [0.2, 0.25) is 11.9 Å². The summed E-state index contributed by atoms with van der Waals surface area (Å²) in [4.78, 5) is 20.9. The Morgan fingerprint density at radius 2 is 2.09 bits per heavy atom. The molecule has 0 aliphatic rings. The number of nitrogens with zero attached hydrogens (tertiary/aromatic N) is 3. The lowest BCUT2D eigenvalue weighted by Crippen LogP contribution is -2.22. The molecule has 22 heavy (non-hydrogen) atoms. The van der Waals surface area contributed by atoms with Crippen LogP contribution in [0, 0.1) is 5.41 Å². The van der Waals surface area contributed by atoms with Crippen LogP contribution in [0.25, 0.3) is 11.2 Å². The quantitative estimate of drug-likeness (QED) is 0.858. The second-order valence-corrected chi connectivity index (χ2v) is 6.73. The number of rotatable bonds is 5. The molecule has 2 aromatic heterocycles. The van der Waals surface area contributed by atoms with Gasteiger partial charge in [-0.3, -0.25) is 14.7 Å². The van der Waals surface area contributed by atoms with Crippen LogP contribution in [-0.2, 0) is 16.1 Å². The van der Waals surface area contributed by atoms with Crippen molar-refractivity contribution >= 4 is 34.6 Å². The van der Waals surface area contributed by atoms with Crippen molar-refractivity contribution in [1.29, 1.82) is 0 Å². The Labute approximate surface area is 134 Å². The monoisotopic (exact) mass is 324 g/mol. The first-order chi connectivity index (χ1) is 10.3. The molecule has 0 unspecified atom stereocenters. The van der Waals surface area contributed by atoms with Crippen molar-refractivity contribution in [2.75, 3.05) is 19.0 Å². The van der Waals surface area contributed by atoms with Crippen molar-refractivity contribution in [1.82, 2.24) is 14.5 Å². The summed E-state index contributed by atoms with van der Waals surface area (Å²) >= 11 is 5.96. The molecule has 0 aliphatic heterocycles. The fourth-order valence-electron chi connectivity index (χ4n) is 2.12. The van der Waals surface area contributed by atoms with Crippen molar-refractivity contribution < 1.29 is 9.53 Å². The largest absolute Gasteiger partial charge is 0.383 e. The highest BCUT2D eigenvalue weighted by Crippen LogP contribution is 2.22. The van der Waals surface area contributed by atoms with Crippen LogP contribution in [0.3, 0.4) is 0 Å². The molecule has 0 atom stereocenters. The minimum atomic E-state index is -0.0883. The van der Waals surface area contributed by atoms with E-state index in [1.54, 1.807) is 19.2 Å². The van der Waals surface area contributed by atoms with Gasteiger partial charge in [0.25, 0.3) is 0 Å².